The molecular formula is C16H20N4O2. The molecule has 22 heavy (non-hydrogen) atoms. The average molecular weight is 300 g/mol. The summed E-state index contributed by atoms with van der Waals surface area (Å²) in [4.78, 5) is 16.2. The van der Waals surface area contributed by atoms with Crippen molar-refractivity contribution in [2.24, 2.45) is 10.7 Å². The Kier molecular flexibility index (Phi) is 5.19. The van der Waals surface area contributed by atoms with E-state index in [1.165, 1.54) is 6.26 Å². The van der Waals surface area contributed by atoms with Crippen LogP contribution in [0.15, 0.2) is 52.1 Å². The molecule has 6 nitrogen and oxygen atoms in total. The largest absolute Gasteiger partial charge is 0.459 e. The summed E-state index contributed by atoms with van der Waals surface area (Å²) in [6.07, 6.45) is 1.46. The van der Waals surface area contributed by atoms with E-state index in [1.54, 1.807) is 12.1 Å². The van der Waals surface area contributed by atoms with Gasteiger partial charge in [0.1, 0.15) is 0 Å². The van der Waals surface area contributed by atoms with Crippen LogP contribution < -0.4 is 16.4 Å². The molecule has 1 aromatic carbocycles. The van der Waals surface area contributed by atoms with Crippen LogP contribution in [0.2, 0.25) is 0 Å². The summed E-state index contributed by atoms with van der Waals surface area (Å²) in [5.41, 5.74) is 7.40. The van der Waals surface area contributed by atoms with Crippen molar-refractivity contribution in [2.45, 2.75) is 26.4 Å². The van der Waals surface area contributed by atoms with Crippen LogP contribution in [-0.4, -0.2) is 17.9 Å². The second-order valence-electron chi connectivity index (χ2n) is 5.13. The summed E-state index contributed by atoms with van der Waals surface area (Å²) in [5, 5.41) is 5.80. The summed E-state index contributed by atoms with van der Waals surface area (Å²) in [7, 11) is 0. The third kappa shape index (κ3) is 4.66. The first kappa shape index (κ1) is 15.6. The van der Waals surface area contributed by atoms with Crippen molar-refractivity contribution < 1.29 is 9.21 Å². The lowest BCUT2D eigenvalue weighted by atomic mass is 10.2. The van der Waals surface area contributed by atoms with Crippen LogP contribution in [0.4, 0.5) is 5.69 Å². The molecule has 116 valence electrons. The fourth-order valence-corrected chi connectivity index (χ4v) is 1.87. The van der Waals surface area contributed by atoms with Gasteiger partial charge in [-0.05, 0) is 43.7 Å². The highest BCUT2D eigenvalue weighted by molar-refractivity contribution is 6.02. The molecule has 0 atom stereocenters. The molecule has 0 radical (unpaired) electrons. The molecule has 0 aliphatic carbocycles. The molecule has 0 aliphatic heterocycles. The lowest BCUT2D eigenvalue weighted by molar-refractivity contribution is 0.0996. The third-order valence-corrected chi connectivity index (χ3v) is 2.80. The number of carbonyl (C=O) groups is 1. The second kappa shape index (κ2) is 7.31. The van der Waals surface area contributed by atoms with Crippen molar-refractivity contribution in [3.05, 3.63) is 54.0 Å². The van der Waals surface area contributed by atoms with Crippen molar-refractivity contribution in [3.8, 4) is 0 Å². The zero-order valence-corrected chi connectivity index (χ0v) is 12.7. The molecule has 0 unspecified atom stereocenters. The van der Waals surface area contributed by atoms with Crippen molar-refractivity contribution >= 4 is 17.6 Å². The van der Waals surface area contributed by atoms with E-state index < -0.39 is 0 Å². The zero-order chi connectivity index (χ0) is 15.9. The van der Waals surface area contributed by atoms with Gasteiger partial charge in [0.2, 0.25) is 0 Å². The number of rotatable bonds is 5. The predicted molar refractivity (Wildman–Crippen MR) is 86.7 cm³/mol. The Morgan fingerprint density at radius 1 is 1.32 bits per heavy atom. The fraction of sp³-hybridized carbons (Fsp3) is 0.250. The Morgan fingerprint density at radius 3 is 2.82 bits per heavy atom. The maximum Gasteiger partial charge on any atom is 0.291 e. The molecule has 0 spiro atoms. The highest BCUT2D eigenvalue weighted by Gasteiger charge is 2.08. The number of hydrogen-bond donors (Lipinski definition) is 3. The maximum atomic E-state index is 11.9. The summed E-state index contributed by atoms with van der Waals surface area (Å²) in [6.45, 7) is 4.43. The minimum absolute atomic E-state index is 0.239. The van der Waals surface area contributed by atoms with E-state index in [0.717, 1.165) is 5.56 Å². The molecule has 2 aromatic rings. The summed E-state index contributed by atoms with van der Waals surface area (Å²) >= 11 is 0. The summed E-state index contributed by atoms with van der Waals surface area (Å²) in [6, 6.07) is 11.0. The number of benzene rings is 1. The summed E-state index contributed by atoms with van der Waals surface area (Å²) in [5.74, 6) is 0.389. The molecule has 0 saturated heterocycles. The van der Waals surface area contributed by atoms with Crippen LogP contribution >= 0.6 is 0 Å². The number of anilines is 1. The SMILES string of the molecule is CC(C)NC(N)=NCc1cccc(NC(=O)c2ccco2)c1. The van der Waals surface area contributed by atoms with Crippen LogP contribution in [0.1, 0.15) is 30.0 Å². The number of hydrogen-bond acceptors (Lipinski definition) is 3. The number of carbonyl (C=O) groups excluding carboxylic acids is 1. The summed E-state index contributed by atoms with van der Waals surface area (Å²) < 4.78 is 5.05. The van der Waals surface area contributed by atoms with Gasteiger partial charge in [-0.1, -0.05) is 12.1 Å². The van der Waals surface area contributed by atoms with Gasteiger partial charge in [0, 0.05) is 11.7 Å². The lowest BCUT2D eigenvalue weighted by Crippen LogP contribution is -2.36. The molecule has 0 saturated carbocycles. The maximum absolute atomic E-state index is 11.9. The molecule has 0 fully saturated rings. The van der Waals surface area contributed by atoms with Gasteiger partial charge in [-0.2, -0.15) is 0 Å². The Balaban J connectivity index is 1.99. The Bertz CT molecular complexity index is 648. The number of furan rings is 1. The van der Waals surface area contributed by atoms with Gasteiger partial charge in [0.15, 0.2) is 11.7 Å². The monoisotopic (exact) mass is 300 g/mol. The molecular weight excluding hydrogens is 280 g/mol. The van der Waals surface area contributed by atoms with Gasteiger partial charge in [-0.15, -0.1) is 0 Å². The molecule has 0 bridgehead atoms. The molecule has 1 amide bonds. The topological polar surface area (TPSA) is 92.6 Å². The van der Waals surface area contributed by atoms with Gasteiger partial charge >= 0.3 is 0 Å². The first-order valence-electron chi connectivity index (χ1n) is 7.05. The average Bonchev–Trinajstić information content (AvgIpc) is 2.99. The van der Waals surface area contributed by atoms with Crippen LogP contribution in [0.3, 0.4) is 0 Å². The minimum atomic E-state index is -0.286. The molecule has 2 rings (SSSR count). The lowest BCUT2D eigenvalue weighted by Gasteiger charge is -2.09. The van der Waals surface area contributed by atoms with Crippen LogP contribution in [0.5, 0.6) is 0 Å². The van der Waals surface area contributed by atoms with Crippen molar-refractivity contribution in [3.63, 3.8) is 0 Å². The molecule has 1 aromatic heterocycles. The quantitative estimate of drug-likeness (QED) is 0.583. The first-order valence-corrected chi connectivity index (χ1v) is 7.05. The number of nitrogens with zero attached hydrogens (tertiary/aromatic N) is 1. The number of nitrogens with one attached hydrogen (secondary N) is 2. The van der Waals surface area contributed by atoms with E-state index in [2.05, 4.69) is 15.6 Å². The highest BCUT2D eigenvalue weighted by atomic mass is 16.3. The van der Waals surface area contributed by atoms with Crippen molar-refractivity contribution in [2.75, 3.05) is 5.32 Å². The first-order chi connectivity index (χ1) is 10.5. The van der Waals surface area contributed by atoms with Crippen molar-refractivity contribution in [1.82, 2.24) is 5.32 Å². The van der Waals surface area contributed by atoms with Gasteiger partial charge in [0.25, 0.3) is 5.91 Å². The van der Waals surface area contributed by atoms with Crippen LogP contribution in [0.25, 0.3) is 0 Å². The van der Waals surface area contributed by atoms with Crippen molar-refractivity contribution in [1.29, 1.82) is 0 Å². The molecule has 6 heteroatoms. The molecule has 4 N–H and O–H groups in total. The van der Waals surface area contributed by atoms with E-state index in [1.807, 2.05) is 38.1 Å². The second-order valence-corrected chi connectivity index (χ2v) is 5.13. The Labute approximate surface area is 129 Å². The zero-order valence-electron chi connectivity index (χ0n) is 12.7. The van der Waals surface area contributed by atoms with E-state index >= 15 is 0 Å². The van der Waals surface area contributed by atoms with Gasteiger partial charge in [-0.3, -0.25) is 4.79 Å². The number of aliphatic imine (C=N–C) groups is 1. The van der Waals surface area contributed by atoms with Gasteiger partial charge < -0.3 is 20.8 Å². The molecule has 1 heterocycles. The van der Waals surface area contributed by atoms with E-state index in [9.17, 15) is 4.79 Å². The predicted octanol–water partition coefficient (Wildman–Crippen LogP) is 2.34. The van der Waals surface area contributed by atoms with Gasteiger partial charge in [0.05, 0.1) is 12.8 Å². The standard InChI is InChI=1S/C16H20N4O2/c1-11(2)19-16(17)18-10-12-5-3-6-13(9-12)20-15(21)14-7-4-8-22-14/h3-9,11H,10H2,1-2H3,(H,20,21)(H3,17,18,19). The van der Waals surface area contributed by atoms with E-state index in [-0.39, 0.29) is 17.7 Å². The third-order valence-electron chi connectivity index (χ3n) is 2.80. The van der Waals surface area contributed by atoms with Crippen LogP contribution in [0, 0.1) is 0 Å². The smallest absolute Gasteiger partial charge is 0.291 e. The van der Waals surface area contributed by atoms with Gasteiger partial charge in [-0.25, -0.2) is 4.99 Å². The normalized spacial score (nSPS) is 11.5. The fourth-order valence-electron chi connectivity index (χ4n) is 1.87. The highest BCUT2D eigenvalue weighted by Crippen LogP contribution is 2.13. The minimum Gasteiger partial charge on any atom is -0.459 e. The van der Waals surface area contributed by atoms with E-state index in [4.69, 9.17) is 10.2 Å². The molecule has 0 aliphatic rings. The number of guanidine groups is 1. The Morgan fingerprint density at radius 2 is 2.14 bits per heavy atom. The van der Waals surface area contributed by atoms with E-state index in [0.29, 0.717) is 18.2 Å². The Hall–Kier alpha value is -2.76. The number of nitrogens with two attached hydrogens (primary N) is 1. The van der Waals surface area contributed by atoms with Crippen LogP contribution in [-0.2, 0) is 6.54 Å². The number of amides is 1.